The van der Waals surface area contributed by atoms with Crippen molar-refractivity contribution in [1.82, 2.24) is 14.7 Å². The SMILES string of the molecule is N#Cc1ccc2ncc(CNCC(O)c3ccc(Cl)c(F)c3)n2c1. The van der Waals surface area contributed by atoms with Gasteiger partial charge in [-0.1, -0.05) is 17.7 Å². The quantitative estimate of drug-likeness (QED) is 0.746. The number of hydrogen-bond donors (Lipinski definition) is 2. The van der Waals surface area contributed by atoms with E-state index in [1.165, 1.54) is 12.1 Å². The number of nitrogens with one attached hydrogen (secondary N) is 1. The Morgan fingerprint density at radius 3 is 2.96 bits per heavy atom. The Morgan fingerprint density at radius 2 is 2.21 bits per heavy atom. The average Bonchev–Trinajstić information content (AvgIpc) is 2.99. The predicted molar refractivity (Wildman–Crippen MR) is 88.0 cm³/mol. The van der Waals surface area contributed by atoms with Crippen LogP contribution in [-0.4, -0.2) is 21.0 Å². The minimum atomic E-state index is -0.856. The Labute approximate surface area is 142 Å². The molecule has 2 aromatic heterocycles. The van der Waals surface area contributed by atoms with Gasteiger partial charge in [0.2, 0.25) is 0 Å². The topological polar surface area (TPSA) is 73.3 Å². The summed E-state index contributed by atoms with van der Waals surface area (Å²) in [6, 6.07) is 9.80. The molecule has 0 aliphatic rings. The van der Waals surface area contributed by atoms with E-state index in [0.29, 0.717) is 17.7 Å². The molecule has 7 heteroatoms. The van der Waals surface area contributed by atoms with Crippen LogP contribution in [0.15, 0.2) is 42.7 Å². The molecule has 1 atom stereocenters. The summed E-state index contributed by atoms with van der Waals surface area (Å²) in [5.74, 6) is -0.556. The summed E-state index contributed by atoms with van der Waals surface area (Å²) in [6.45, 7) is 0.690. The number of aromatic nitrogens is 2. The minimum absolute atomic E-state index is 0.0259. The fourth-order valence-electron chi connectivity index (χ4n) is 2.40. The molecule has 2 N–H and O–H groups in total. The van der Waals surface area contributed by atoms with E-state index >= 15 is 0 Å². The van der Waals surface area contributed by atoms with Crippen LogP contribution in [0.25, 0.3) is 5.65 Å². The van der Waals surface area contributed by atoms with Crippen LogP contribution in [0, 0.1) is 17.1 Å². The van der Waals surface area contributed by atoms with Gasteiger partial charge in [0.1, 0.15) is 17.5 Å². The number of hydrogen-bond acceptors (Lipinski definition) is 4. The Balaban J connectivity index is 1.66. The second-order valence-electron chi connectivity index (χ2n) is 5.33. The smallest absolute Gasteiger partial charge is 0.142 e. The van der Waals surface area contributed by atoms with E-state index in [-0.39, 0.29) is 11.6 Å². The van der Waals surface area contributed by atoms with Gasteiger partial charge in [0, 0.05) is 19.3 Å². The molecule has 3 aromatic rings. The summed E-state index contributed by atoms with van der Waals surface area (Å²) >= 11 is 5.63. The monoisotopic (exact) mass is 344 g/mol. The van der Waals surface area contributed by atoms with Gasteiger partial charge in [-0.05, 0) is 29.8 Å². The molecular weight excluding hydrogens is 331 g/mol. The highest BCUT2D eigenvalue weighted by Crippen LogP contribution is 2.20. The van der Waals surface area contributed by atoms with Crippen molar-refractivity contribution in [3.63, 3.8) is 0 Å². The molecule has 0 fully saturated rings. The van der Waals surface area contributed by atoms with Crippen molar-refractivity contribution in [2.24, 2.45) is 0 Å². The summed E-state index contributed by atoms with van der Waals surface area (Å²) in [5, 5.41) is 22.2. The maximum atomic E-state index is 13.4. The maximum Gasteiger partial charge on any atom is 0.142 e. The highest BCUT2D eigenvalue weighted by Gasteiger charge is 2.11. The number of rotatable bonds is 5. The van der Waals surface area contributed by atoms with Crippen LogP contribution >= 0.6 is 11.6 Å². The Morgan fingerprint density at radius 1 is 1.38 bits per heavy atom. The molecule has 3 rings (SSSR count). The minimum Gasteiger partial charge on any atom is -0.387 e. The van der Waals surface area contributed by atoms with Crippen LogP contribution in [0.5, 0.6) is 0 Å². The fraction of sp³-hybridized carbons (Fsp3) is 0.176. The van der Waals surface area contributed by atoms with Gasteiger partial charge in [-0.15, -0.1) is 0 Å². The summed E-state index contributed by atoms with van der Waals surface area (Å²) < 4.78 is 15.2. The summed E-state index contributed by atoms with van der Waals surface area (Å²) in [6.07, 6.45) is 2.56. The molecule has 1 unspecified atom stereocenters. The second kappa shape index (κ2) is 6.97. The highest BCUT2D eigenvalue weighted by molar-refractivity contribution is 6.30. The predicted octanol–water partition coefficient (Wildman–Crippen LogP) is 2.82. The van der Waals surface area contributed by atoms with Crippen LogP contribution in [0.2, 0.25) is 5.02 Å². The summed E-state index contributed by atoms with van der Waals surface area (Å²) in [5.41, 5.74) is 2.59. The molecule has 0 radical (unpaired) electrons. The van der Waals surface area contributed by atoms with E-state index in [9.17, 15) is 9.50 Å². The lowest BCUT2D eigenvalue weighted by Gasteiger charge is -2.12. The number of halogens is 2. The van der Waals surface area contributed by atoms with E-state index in [1.807, 2.05) is 4.40 Å². The number of aliphatic hydroxyl groups excluding tert-OH is 1. The first-order valence-corrected chi connectivity index (χ1v) is 7.66. The lowest BCUT2D eigenvalue weighted by Crippen LogP contribution is -2.21. The van der Waals surface area contributed by atoms with Crippen molar-refractivity contribution in [1.29, 1.82) is 5.26 Å². The van der Waals surface area contributed by atoms with Gasteiger partial charge in [0.25, 0.3) is 0 Å². The molecule has 122 valence electrons. The molecule has 0 bridgehead atoms. The van der Waals surface area contributed by atoms with Crippen molar-refractivity contribution < 1.29 is 9.50 Å². The molecule has 0 aliphatic heterocycles. The normalized spacial score (nSPS) is 12.2. The van der Waals surface area contributed by atoms with Crippen LogP contribution in [0.1, 0.15) is 22.9 Å². The average molecular weight is 345 g/mol. The number of nitrogens with zero attached hydrogens (tertiary/aromatic N) is 3. The highest BCUT2D eigenvalue weighted by atomic mass is 35.5. The van der Waals surface area contributed by atoms with Crippen LogP contribution in [0.4, 0.5) is 4.39 Å². The van der Waals surface area contributed by atoms with Gasteiger partial charge in [-0.25, -0.2) is 9.37 Å². The number of benzene rings is 1. The van der Waals surface area contributed by atoms with Gasteiger partial charge >= 0.3 is 0 Å². The lowest BCUT2D eigenvalue weighted by atomic mass is 10.1. The third-order valence-corrected chi connectivity index (χ3v) is 3.99. The number of nitriles is 1. The molecule has 0 amide bonds. The first-order chi connectivity index (χ1) is 11.6. The zero-order valence-electron chi connectivity index (χ0n) is 12.6. The standard InChI is InChI=1S/C17H14ClFN4O/c18-14-3-2-12(5-15(14)19)16(24)9-21-7-13-8-22-17-4-1-11(6-20)10-23(13)17/h1-5,8,10,16,21,24H,7,9H2. The molecular formula is C17H14ClFN4O. The van der Waals surface area contributed by atoms with Crippen LogP contribution < -0.4 is 5.32 Å². The molecule has 5 nitrogen and oxygen atoms in total. The van der Waals surface area contributed by atoms with Crippen LogP contribution in [0.3, 0.4) is 0 Å². The first-order valence-electron chi connectivity index (χ1n) is 7.28. The van der Waals surface area contributed by atoms with E-state index in [2.05, 4.69) is 16.4 Å². The molecule has 0 saturated heterocycles. The Kier molecular flexibility index (Phi) is 4.76. The first kappa shape index (κ1) is 16.4. The maximum absolute atomic E-state index is 13.4. The van der Waals surface area contributed by atoms with Gasteiger partial charge in [-0.3, -0.25) is 0 Å². The molecule has 2 heterocycles. The molecule has 0 saturated carbocycles. The third kappa shape index (κ3) is 3.39. The van der Waals surface area contributed by atoms with Crippen molar-refractivity contribution in [2.45, 2.75) is 12.6 Å². The third-order valence-electron chi connectivity index (χ3n) is 3.68. The van der Waals surface area contributed by atoms with E-state index in [0.717, 1.165) is 11.3 Å². The number of imidazole rings is 1. The Bertz CT molecular complexity index is 919. The lowest BCUT2D eigenvalue weighted by molar-refractivity contribution is 0.174. The molecule has 0 spiro atoms. The van der Waals surface area contributed by atoms with Crippen molar-refractivity contribution in [2.75, 3.05) is 6.54 Å². The van der Waals surface area contributed by atoms with Gasteiger partial charge in [-0.2, -0.15) is 5.26 Å². The van der Waals surface area contributed by atoms with Gasteiger partial charge in [0.15, 0.2) is 0 Å². The summed E-state index contributed by atoms with van der Waals surface area (Å²) in [7, 11) is 0. The number of fused-ring (bicyclic) bond motifs is 1. The van der Waals surface area contributed by atoms with Crippen LogP contribution in [-0.2, 0) is 6.54 Å². The Hall–Kier alpha value is -2.46. The number of aliphatic hydroxyl groups is 1. The molecule has 24 heavy (non-hydrogen) atoms. The van der Waals surface area contributed by atoms with E-state index in [4.69, 9.17) is 16.9 Å². The zero-order chi connectivity index (χ0) is 17.1. The zero-order valence-corrected chi connectivity index (χ0v) is 13.3. The second-order valence-corrected chi connectivity index (χ2v) is 5.73. The van der Waals surface area contributed by atoms with E-state index < -0.39 is 11.9 Å². The summed E-state index contributed by atoms with van der Waals surface area (Å²) in [4.78, 5) is 4.26. The fourth-order valence-corrected chi connectivity index (χ4v) is 2.52. The van der Waals surface area contributed by atoms with E-state index in [1.54, 1.807) is 30.6 Å². The number of pyridine rings is 1. The largest absolute Gasteiger partial charge is 0.387 e. The van der Waals surface area contributed by atoms with Crippen molar-refractivity contribution >= 4 is 17.2 Å². The van der Waals surface area contributed by atoms with Crippen molar-refractivity contribution in [3.05, 3.63) is 70.4 Å². The van der Waals surface area contributed by atoms with Gasteiger partial charge in [0.05, 0.1) is 28.6 Å². The van der Waals surface area contributed by atoms with Crippen molar-refractivity contribution in [3.8, 4) is 6.07 Å². The van der Waals surface area contributed by atoms with Gasteiger partial charge < -0.3 is 14.8 Å². The molecule has 1 aromatic carbocycles. The molecule has 0 aliphatic carbocycles.